The number of methoxy groups -OCH3 is 1. The summed E-state index contributed by atoms with van der Waals surface area (Å²) in [5.41, 5.74) is 0.996. The van der Waals surface area contributed by atoms with E-state index >= 15 is 0 Å². The molecule has 1 aliphatic rings. The lowest BCUT2D eigenvalue weighted by Crippen LogP contribution is -2.09. The Labute approximate surface area is 169 Å². The van der Waals surface area contributed by atoms with Crippen molar-refractivity contribution in [3.63, 3.8) is 0 Å². The predicted octanol–water partition coefficient (Wildman–Crippen LogP) is 4.11. The van der Waals surface area contributed by atoms with Crippen molar-refractivity contribution in [1.82, 2.24) is 0 Å². The molecule has 0 aromatic heterocycles. The van der Waals surface area contributed by atoms with Gasteiger partial charge in [0.15, 0.2) is 0 Å². The van der Waals surface area contributed by atoms with Crippen molar-refractivity contribution in [2.75, 3.05) is 18.7 Å². The van der Waals surface area contributed by atoms with E-state index in [1.54, 1.807) is 18.4 Å². The van der Waals surface area contributed by atoms with E-state index < -0.39 is 16.1 Å². The molecule has 0 spiro atoms. The summed E-state index contributed by atoms with van der Waals surface area (Å²) in [5, 5.41) is 13.9. The normalized spacial score (nSPS) is 15.0. The fourth-order valence-electron chi connectivity index (χ4n) is 2.88. The van der Waals surface area contributed by atoms with Gasteiger partial charge in [-0.2, -0.15) is 0 Å². The minimum atomic E-state index is -0.697. The third kappa shape index (κ3) is 3.76. The summed E-state index contributed by atoms with van der Waals surface area (Å²) in [6.45, 7) is 0. The number of rotatable bonds is 6. The third-order valence-corrected chi connectivity index (χ3v) is 5.37. The Kier molecular flexibility index (Phi) is 5.76. The number of halogens is 1. The summed E-state index contributed by atoms with van der Waals surface area (Å²) in [6.07, 6.45) is 1.74. The smallest absolute Gasteiger partial charge is 0.318 e. The van der Waals surface area contributed by atoms with Crippen molar-refractivity contribution in [2.45, 2.75) is 11.7 Å². The average Bonchev–Trinajstić information content (AvgIpc) is 2.98. The van der Waals surface area contributed by atoms with Crippen LogP contribution in [0.25, 0.3) is 0 Å². The van der Waals surface area contributed by atoms with E-state index in [1.807, 2.05) is 0 Å². The van der Waals surface area contributed by atoms with E-state index in [1.165, 1.54) is 37.1 Å². The number of benzene rings is 2. The largest absolute Gasteiger partial charge is 0.469 e. The summed E-state index contributed by atoms with van der Waals surface area (Å²) in [7, 11) is 1.29. The van der Waals surface area contributed by atoms with Crippen LogP contribution in [-0.2, 0) is 20.7 Å². The highest BCUT2D eigenvalue weighted by molar-refractivity contribution is 7.99. The second-order valence-electron chi connectivity index (χ2n) is 5.86. The molecule has 3 rings (SSSR count). The summed E-state index contributed by atoms with van der Waals surface area (Å²) < 4.78 is 10.3. The van der Waals surface area contributed by atoms with Gasteiger partial charge in [-0.3, -0.25) is 19.7 Å². The number of thioether (sulfide) groups is 1. The van der Waals surface area contributed by atoms with Crippen molar-refractivity contribution < 1.29 is 24.0 Å². The van der Waals surface area contributed by atoms with Gasteiger partial charge in [-0.1, -0.05) is 17.7 Å². The maximum atomic E-state index is 12.1. The molecular formula is C18H15ClN2O6S. The Morgan fingerprint density at radius 2 is 2.04 bits per heavy atom. The number of carbonyl (C=O) groups is 2. The average molecular weight is 423 g/mol. The predicted molar refractivity (Wildman–Crippen MR) is 105 cm³/mol. The number of hydrogen-bond acceptors (Lipinski definition) is 7. The topological polar surface area (TPSA) is 108 Å². The van der Waals surface area contributed by atoms with Gasteiger partial charge < -0.3 is 14.8 Å². The summed E-state index contributed by atoms with van der Waals surface area (Å²) in [6, 6.07) is 7.65. The zero-order chi connectivity index (χ0) is 20.4. The van der Waals surface area contributed by atoms with Crippen LogP contribution in [0.2, 0.25) is 5.02 Å². The van der Waals surface area contributed by atoms with Crippen LogP contribution < -0.4 is 10.1 Å². The number of amides is 1. The van der Waals surface area contributed by atoms with Crippen molar-refractivity contribution in [3.8, 4) is 11.5 Å². The molecule has 0 saturated carbocycles. The summed E-state index contributed by atoms with van der Waals surface area (Å²) in [4.78, 5) is 34.6. The Balaban J connectivity index is 1.98. The van der Waals surface area contributed by atoms with Gasteiger partial charge in [-0.05, 0) is 36.1 Å². The van der Waals surface area contributed by atoms with Gasteiger partial charge in [-0.15, -0.1) is 11.8 Å². The molecule has 1 atom stereocenters. The van der Waals surface area contributed by atoms with E-state index in [2.05, 4.69) is 10.1 Å². The number of nitrogens with zero attached hydrogens (tertiary/aromatic N) is 1. The molecule has 2 aromatic carbocycles. The monoisotopic (exact) mass is 422 g/mol. The van der Waals surface area contributed by atoms with Crippen LogP contribution in [0.1, 0.15) is 16.4 Å². The first-order chi connectivity index (χ1) is 13.3. The number of nitrogens with one attached hydrogen (secondary N) is 1. The van der Waals surface area contributed by atoms with Crippen LogP contribution in [0.15, 0.2) is 30.3 Å². The number of nitro groups is 1. The van der Waals surface area contributed by atoms with E-state index in [9.17, 15) is 19.7 Å². The van der Waals surface area contributed by atoms with Crippen LogP contribution in [0.5, 0.6) is 11.5 Å². The Morgan fingerprint density at radius 1 is 1.32 bits per heavy atom. The van der Waals surface area contributed by atoms with Crippen LogP contribution in [0.4, 0.5) is 11.4 Å². The number of carbonyl (C=O) groups excluding carboxylic acids is 2. The fourth-order valence-corrected chi connectivity index (χ4v) is 3.87. The number of ether oxygens (including phenoxy) is 2. The number of hydrogen-bond donors (Lipinski definition) is 1. The van der Waals surface area contributed by atoms with Crippen LogP contribution >= 0.6 is 23.4 Å². The molecule has 2 aromatic rings. The number of anilines is 1. The molecule has 146 valence electrons. The van der Waals surface area contributed by atoms with E-state index in [4.69, 9.17) is 16.3 Å². The van der Waals surface area contributed by atoms with Gasteiger partial charge in [-0.25, -0.2) is 0 Å². The van der Waals surface area contributed by atoms with Crippen molar-refractivity contribution in [3.05, 3.63) is 56.6 Å². The van der Waals surface area contributed by atoms with Gasteiger partial charge in [0, 0.05) is 0 Å². The molecule has 0 saturated heterocycles. The van der Waals surface area contributed by atoms with Crippen molar-refractivity contribution in [1.29, 1.82) is 0 Å². The molecular weight excluding hydrogens is 408 g/mol. The molecule has 10 heteroatoms. The highest BCUT2D eigenvalue weighted by atomic mass is 35.5. The molecule has 8 nitrogen and oxygen atoms in total. The van der Waals surface area contributed by atoms with Gasteiger partial charge in [0.05, 0.1) is 34.7 Å². The zero-order valence-corrected chi connectivity index (χ0v) is 16.4. The Morgan fingerprint density at radius 3 is 2.64 bits per heavy atom. The first kappa shape index (κ1) is 20.0. The second kappa shape index (κ2) is 8.07. The lowest BCUT2D eigenvalue weighted by molar-refractivity contribution is -0.386. The maximum Gasteiger partial charge on any atom is 0.318 e. The number of nitro benzene ring substituents is 1. The van der Waals surface area contributed by atoms with Gasteiger partial charge in [0.25, 0.3) is 0 Å². The van der Waals surface area contributed by atoms with Crippen LogP contribution in [0.3, 0.4) is 0 Å². The quantitative estimate of drug-likeness (QED) is 0.424. The molecule has 1 aliphatic heterocycles. The molecule has 28 heavy (non-hydrogen) atoms. The van der Waals surface area contributed by atoms with Crippen LogP contribution in [0, 0.1) is 10.1 Å². The maximum absolute atomic E-state index is 12.1. The lowest BCUT2D eigenvalue weighted by atomic mass is 10.1. The minimum absolute atomic E-state index is 0.0260. The summed E-state index contributed by atoms with van der Waals surface area (Å²) in [5.74, 6) is -0.564. The highest BCUT2D eigenvalue weighted by Gasteiger charge is 2.39. The molecule has 1 heterocycles. The molecule has 0 bridgehead atoms. The SMILES string of the molecule is COC(=O)Cc1ccc(Oc2ccc3c(c2[N+](=O)[O-])C(SC)C(=O)N3)c(Cl)c1. The second-order valence-corrected chi connectivity index (χ2v) is 7.21. The van der Waals surface area contributed by atoms with Crippen molar-refractivity contribution >= 4 is 46.6 Å². The first-order valence-corrected chi connectivity index (χ1v) is 9.70. The van der Waals surface area contributed by atoms with Gasteiger partial charge in [0.2, 0.25) is 11.7 Å². The third-order valence-electron chi connectivity index (χ3n) is 4.15. The fraction of sp³-hybridized carbons (Fsp3) is 0.222. The van der Waals surface area contributed by atoms with E-state index in [0.717, 1.165) is 0 Å². The first-order valence-electron chi connectivity index (χ1n) is 8.03. The molecule has 0 fully saturated rings. The summed E-state index contributed by atoms with van der Waals surface area (Å²) >= 11 is 7.42. The van der Waals surface area contributed by atoms with Crippen molar-refractivity contribution in [2.24, 2.45) is 0 Å². The van der Waals surface area contributed by atoms with E-state index in [0.29, 0.717) is 11.3 Å². The lowest BCUT2D eigenvalue weighted by Gasteiger charge is -2.12. The number of esters is 1. The molecule has 1 unspecified atom stereocenters. The number of fused-ring (bicyclic) bond motifs is 1. The zero-order valence-electron chi connectivity index (χ0n) is 14.9. The highest BCUT2D eigenvalue weighted by Crippen LogP contribution is 2.49. The Hall–Kier alpha value is -2.78. The molecule has 0 radical (unpaired) electrons. The minimum Gasteiger partial charge on any atom is -0.469 e. The molecule has 0 aliphatic carbocycles. The Bertz CT molecular complexity index is 981. The van der Waals surface area contributed by atoms with Crippen LogP contribution in [-0.4, -0.2) is 30.2 Å². The molecule has 1 amide bonds. The van der Waals surface area contributed by atoms with E-state index in [-0.39, 0.29) is 40.1 Å². The standard InChI is InChI=1S/C18H15ClN2O6S/c1-26-14(22)8-9-3-5-12(10(19)7-9)27-13-6-4-11-15(16(13)21(24)25)17(28-2)18(23)20-11/h3-7,17H,8H2,1-2H3,(H,20,23). The van der Waals surface area contributed by atoms with Gasteiger partial charge >= 0.3 is 11.7 Å². The molecule has 1 N–H and O–H groups in total. The van der Waals surface area contributed by atoms with Gasteiger partial charge in [0.1, 0.15) is 11.0 Å².